The Hall–Kier alpha value is -2.67. The van der Waals surface area contributed by atoms with Crippen LogP contribution < -0.4 is 10.6 Å². The molecule has 3 N–H and O–H groups in total. The molecule has 0 aliphatic rings. The molecule has 2 aromatic rings. The average Bonchev–Trinajstić information content (AvgIpc) is 3.11. The van der Waals surface area contributed by atoms with E-state index in [0.29, 0.717) is 24.3 Å². The molecule has 1 aromatic carbocycles. The molecule has 0 fully saturated rings. The van der Waals surface area contributed by atoms with E-state index in [-0.39, 0.29) is 24.8 Å². The Bertz CT molecular complexity index is 656. The van der Waals surface area contributed by atoms with Crippen molar-refractivity contribution < 1.29 is 23.5 Å². The van der Waals surface area contributed by atoms with Crippen LogP contribution in [0.1, 0.15) is 35.0 Å². The lowest BCUT2D eigenvalue weighted by Crippen LogP contribution is -2.31. The van der Waals surface area contributed by atoms with Crippen LogP contribution in [-0.2, 0) is 4.79 Å². The summed E-state index contributed by atoms with van der Waals surface area (Å²) in [7, 11) is 0. The normalized spacial score (nSPS) is 11.8. The molecule has 0 saturated heterocycles. The number of aliphatic hydroxyl groups excluding tert-OH is 1. The third kappa shape index (κ3) is 5.20. The van der Waals surface area contributed by atoms with Crippen molar-refractivity contribution in [2.45, 2.75) is 18.9 Å². The highest BCUT2D eigenvalue weighted by Gasteiger charge is 2.15. The fraction of sp³-hybridized carbons (Fsp3) is 0.294. The highest BCUT2D eigenvalue weighted by atomic mass is 19.1. The van der Waals surface area contributed by atoms with E-state index >= 15 is 0 Å². The van der Waals surface area contributed by atoms with E-state index in [2.05, 4.69) is 10.6 Å². The predicted molar refractivity (Wildman–Crippen MR) is 84.6 cm³/mol. The third-order valence-electron chi connectivity index (χ3n) is 3.38. The Morgan fingerprint density at radius 3 is 2.58 bits per heavy atom. The van der Waals surface area contributed by atoms with Crippen LogP contribution in [0, 0.1) is 5.82 Å². The van der Waals surface area contributed by atoms with Crippen LogP contribution in [0.3, 0.4) is 0 Å². The van der Waals surface area contributed by atoms with Gasteiger partial charge in [-0.2, -0.15) is 0 Å². The van der Waals surface area contributed by atoms with Crippen molar-refractivity contribution in [3.63, 3.8) is 0 Å². The molecule has 2 rings (SSSR count). The van der Waals surface area contributed by atoms with Gasteiger partial charge in [0, 0.05) is 18.5 Å². The largest absolute Gasteiger partial charge is 0.467 e. The first kappa shape index (κ1) is 17.7. The predicted octanol–water partition coefficient (Wildman–Crippen LogP) is 1.78. The maximum absolute atomic E-state index is 12.8. The van der Waals surface area contributed by atoms with E-state index in [1.807, 2.05) is 0 Å². The molecule has 0 radical (unpaired) electrons. The van der Waals surface area contributed by atoms with Gasteiger partial charge in [0.25, 0.3) is 5.91 Å². The molecule has 0 spiro atoms. The number of aliphatic hydroxyl groups is 1. The van der Waals surface area contributed by atoms with Gasteiger partial charge in [0.05, 0.1) is 12.9 Å². The van der Waals surface area contributed by atoms with E-state index in [4.69, 9.17) is 4.42 Å². The summed E-state index contributed by atoms with van der Waals surface area (Å²) in [6.45, 7) is 0.0503. The first-order valence-electron chi connectivity index (χ1n) is 7.57. The van der Waals surface area contributed by atoms with E-state index in [9.17, 15) is 19.1 Å². The topological polar surface area (TPSA) is 91.6 Å². The van der Waals surface area contributed by atoms with E-state index < -0.39 is 11.9 Å². The molecule has 0 bridgehead atoms. The van der Waals surface area contributed by atoms with Crippen LogP contribution >= 0.6 is 0 Å². The number of hydrogen-bond donors (Lipinski definition) is 3. The summed E-state index contributed by atoms with van der Waals surface area (Å²) in [5, 5.41) is 14.6. The second-order valence-electron chi connectivity index (χ2n) is 5.18. The van der Waals surface area contributed by atoms with Crippen LogP contribution in [0.25, 0.3) is 0 Å². The van der Waals surface area contributed by atoms with Gasteiger partial charge in [-0.25, -0.2) is 4.39 Å². The van der Waals surface area contributed by atoms with Crippen LogP contribution in [-0.4, -0.2) is 30.1 Å². The first-order valence-corrected chi connectivity index (χ1v) is 7.57. The fourth-order valence-corrected chi connectivity index (χ4v) is 2.12. The number of halogens is 1. The smallest absolute Gasteiger partial charge is 0.251 e. The minimum atomic E-state index is -0.582. The van der Waals surface area contributed by atoms with Crippen molar-refractivity contribution in [2.75, 3.05) is 13.2 Å². The number of carbonyl (C=O) groups excluding carboxylic acids is 2. The Morgan fingerprint density at radius 2 is 1.96 bits per heavy atom. The second-order valence-corrected chi connectivity index (χ2v) is 5.18. The molecule has 24 heavy (non-hydrogen) atoms. The molecular formula is C17H19FN2O4. The van der Waals surface area contributed by atoms with Crippen molar-refractivity contribution >= 4 is 11.8 Å². The van der Waals surface area contributed by atoms with E-state index in [1.165, 1.54) is 30.5 Å². The number of amides is 2. The van der Waals surface area contributed by atoms with Crippen molar-refractivity contribution in [3.05, 3.63) is 59.8 Å². The first-order chi connectivity index (χ1) is 11.6. The Morgan fingerprint density at radius 1 is 1.21 bits per heavy atom. The van der Waals surface area contributed by atoms with Crippen LogP contribution in [0.2, 0.25) is 0 Å². The summed E-state index contributed by atoms with van der Waals surface area (Å²) < 4.78 is 17.9. The SMILES string of the molecule is O=C(CCCNC(=O)c1ccc(F)cc1)NC(CO)c1ccco1. The molecule has 0 aliphatic heterocycles. The van der Waals surface area contributed by atoms with Gasteiger partial charge in [0.15, 0.2) is 0 Å². The van der Waals surface area contributed by atoms with Crippen LogP contribution in [0.4, 0.5) is 4.39 Å². The molecular weight excluding hydrogens is 315 g/mol. The molecule has 0 saturated carbocycles. The van der Waals surface area contributed by atoms with E-state index in [1.54, 1.807) is 12.1 Å². The van der Waals surface area contributed by atoms with E-state index in [0.717, 1.165) is 0 Å². The molecule has 2 amide bonds. The second kappa shape index (κ2) is 8.83. The summed E-state index contributed by atoms with van der Waals surface area (Å²) >= 11 is 0. The van der Waals surface area contributed by atoms with Gasteiger partial charge in [-0.1, -0.05) is 0 Å². The maximum Gasteiger partial charge on any atom is 0.251 e. The number of carbonyl (C=O) groups is 2. The van der Waals surface area contributed by atoms with Crippen molar-refractivity contribution in [1.82, 2.24) is 10.6 Å². The molecule has 1 atom stereocenters. The van der Waals surface area contributed by atoms with Gasteiger partial charge in [-0.3, -0.25) is 9.59 Å². The van der Waals surface area contributed by atoms with Gasteiger partial charge >= 0.3 is 0 Å². The zero-order valence-corrected chi connectivity index (χ0v) is 13.0. The fourth-order valence-electron chi connectivity index (χ4n) is 2.12. The molecule has 6 nitrogen and oxygen atoms in total. The lowest BCUT2D eigenvalue weighted by Gasteiger charge is -2.13. The number of benzene rings is 1. The van der Waals surface area contributed by atoms with Crippen LogP contribution in [0.15, 0.2) is 47.1 Å². The van der Waals surface area contributed by atoms with Gasteiger partial charge in [-0.15, -0.1) is 0 Å². The minimum Gasteiger partial charge on any atom is -0.467 e. The molecule has 1 heterocycles. The molecule has 128 valence electrons. The van der Waals surface area contributed by atoms with Crippen LogP contribution in [0.5, 0.6) is 0 Å². The zero-order chi connectivity index (χ0) is 17.4. The molecule has 1 aromatic heterocycles. The standard InChI is InChI=1S/C17H19FN2O4/c18-13-7-5-12(6-8-13)17(23)19-9-1-4-16(22)20-14(11-21)15-3-2-10-24-15/h2-3,5-8,10,14,21H,1,4,9,11H2,(H,19,23)(H,20,22). The summed E-state index contributed by atoms with van der Waals surface area (Å²) in [5.41, 5.74) is 0.360. The Kier molecular flexibility index (Phi) is 6.51. The number of nitrogens with one attached hydrogen (secondary N) is 2. The lowest BCUT2D eigenvalue weighted by atomic mass is 10.2. The average molecular weight is 334 g/mol. The highest BCUT2D eigenvalue weighted by molar-refractivity contribution is 5.94. The van der Waals surface area contributed by atoms with Gasteiger partial charge in [0.2, 0.25) is 5.91 Å². The van der Waals surface area contributed by atoms with Crippen molar-refractivity contribution in [1.29, 1.82) is 0 Å². The summed E-state index contributed by atoms with van der Waals surface area (Å²) in [4.78, 5) is 23.6. The highest BCUT2D eigenvalue weighted by Crippen LogP contribution is 2.12. The number of furan rings is 1. The third-order valence-corrected chi connectivity index (χ3v) is 3.38. The minimum absolute atomic E-state index is 0.195. The van der Waals surface area contributed by atoms with Gasteiger partial charge in [0.1, 0.15) is 17.6 Å². The molecule has 7 heteroatoms. The molecule has 0 aliphatic carbocycles. The summed E-state index contributed by atoms with van der Waals surface area (Å²) in [5.74, 6) is -0.491. The Labute approximate surface area is 138 Å². The van der Waals surface area contributed by atoms with Crippen molar-refractivity contribution in [3.8, 4) is 0 Å². The zero-order valence-electron chi connectivity index (χ0n) is 13.0. The maximum atomic E-state index is 12.8. The Balaban J connectivity index is 1.69. The number of hydrogen-bond acceptors (Lipinski definition) is 4. The monoisotopic (exact) mass is 334 g/mol. The summed E-state index contributed by atoms with van der Waals surface area (Å²) in [6.07, 6.45) is 2.10. The van der Waals surface area contributed by atoms with Gasteiger partial charge in [-0.05, 0) is 42.8 Å². The van der Waals surface area contributed by atoms with Gasteiger partial charge < -0.3 is 20.2 Å². The molecule has 1 unspecified atom stereocenters. The number of rotatable bonds is 8. The van der Waals surface area contributed by atoms with Crippen molar-refractivity contribution in [2.24, 2.45) is 0 Å². The summed E-state index contributed by atoms with van der Waals surface area (Å²) in [6, 6.07) is 7.98. The lowest BCUT2D eigenvalue weighted by molar-refractivity contribution is -0.122. The quantitative estimate of drug-likeness (QED) is 0.642.